The van der Waals surface area contributed by atoms with E-state index in [9.17, 15) is 0 Å². The van der Waals surface area contributed by atoms with Gasteiger partial charge in [0.05, 0.1) is 11.4 Å². The summed E-state index contributed by atoms with van der Waals surface area (Å²) in [7, 11) is 0. The van der Waals surface area contributed by atoms with Gasteiger partial charge >= 0.3 is 0 Å². The molecule has 1 aromatic heterocycles. The molecule has 2 unspecified atom stereocenters. The molecule has 1 aromatic rings. The number of nitrogens with one attached hydrogen (secondary N) is 2. The first-order chi connectivity index (χ1) is 9.15. The lowest BCUT2D eigenvalue weighted by Gasteiger charge is -2.22. The van der Waals surface area contributed by atoms with Crippen molar-refractivity contribution in [1.29, 1.82) is 0 Å². The van der Waals surface area contributed by atoms with Crippen LogP contribution in [0.15, 0.2) is 12.1 Å². The Morgan fingerprint density at radius 3 is 3.05 bits per heavy atom. The first-order valence-electron chi connectivity index (χ1n) is 7.28. The van der Waals surface area contributed by atoms with Gasteiger partial charge in [0.15, 0.2) is 0 Å². The molecule has 2 atom stereocenters. The van der Waals surface area contributed by atoms with Crippen LogP contribution in [0.25, 0.3) is 0 Å². The molecule has 2 N–H and O–H groups in total. The molecule has 2 heterocycles. The number of aryl methyl sites for hydroxylation is 1. The van der Waals surface area contributed by atoms with Gasteiger partial charge in [-0.25, -0.2) is 4.98 Å². The molecule has 0 bridgehead atoms. The summed E-state index contributed by atoms with van der Waals surface area (Å²) in [6.45, 7) is 5.39. The zero-order valence-electron chi connectivity index (χ0n) is 11.9. The molecule has 0 aliphatic carbocycles. The molecule has 0 aromatic carbocycles. The summed E-state index contributed by atoms with van der Waals surface area (Å²) < 4.78 is 0. The Bertz CT molecular complexity index is 400. The number of nitrogens with zero attached hydrogens (tertiary/aromatic N) is 1. The third-order valence-corrected chi connectivity index (χ3v) is 3.96. The maximum Gasteiger partial charge on any atom is 0.129 e. The van der Waals surface area contributed by atoms with Crippen molar-refractivity contribution in [2.75, 3.05) is 11.9 Å². The topological polar surface area (TPSA) is 37.0 Å². The summed E-state index contributed by atoms with van der Waals surface area (Å²) in [4.78, 5) is 4.28. The fourth-order valence-corrected chi connectivity index (χ4v) is 2.93. The minimum atomic E-state index is 0.442. The average molecular weight is 282 g/mol. The van der Waals surface area contributed by atoms with Crippen LogP contribution in [0, 0.1) is 6.92 Å². The van der Waals surface area contributed by atoms with Crippen molar-refractivity contribution in [3.63, 3.8) is 0 Å². The number of hydrogen-bond acceptors (Lipinski definition) is 3. The van der Waals surface area contributed by atoms with Crippen molar-refractivity contribution in [3.05, 3.63) is 23.0 Å². The molecule has 19 heavy (non-hydrogen) atoms. The van der Waals surface area contributed by atoms with Crippen molar-refractivity contribution in [2.45, 2.75) is 58.0 Å². The monoisotopic (exact) mass is 281 g/mol. The highest BCUT2D eigenvalue weighted by Gasteiger charge is 2.15. The van der Waals surface area contributed by atoms with Gasteiger partial charge in [0.25, 0.3) is 0 Å². The van der Waals surface area contributed by atoms with E-state index in [0.717, 1.165) is 17.8 Å². The second-order valence-corrected chi connectivity index (χ2v) is 5.94. The summed E-state index contributed by atoms with van der Waals surface area (Å²) in [5, 5.41) is 7.75. The van der Waals surface area contributed by atoms with E-state index in [2.05, 4.69) is 22.5 Å². The molecule has 106 valence electrons. The van der Waals surface area contributed by atoms with Crippen molar-refractivity contribution in [2.24, 2.45) is 0 Å². The minimum Gasteiger partial charge on any atom is -0.381 e. The molecule has 3 nitrogen and oxygen atoms in total. The Kier molecular flexibility index (Phi) is 5.46. The van der Waals surface area contributed by atoms with Crippen LogP contribution in [0.2, 0.25) is 5.15 Å². The van der Waals surface area contributed by atoms with E-state index in [4.69, 9.17) is 11.6 Å². The van der Waals surface area contributed by atoms with Crippen molar-refractivity contribution < 1.29 is 0 Å². The van der Waals surface area contributed by atoms with Crippen LogP contribution in [0.1, 0.15) is 44.7 Å². The number of rotatable bonds is 4. The Morgan fingerprint density at radius 1 is 1.42 bits per heavy atom. The Balaban J connectivity index is 1.87. The molecule has 0 amide bonds. The first-order valence-corrected chi connectivity index (χ1v) is 7.66. The van der Waals surface area contributed by atoms with Crippen LogP contribution in [0.5, 0.6) is 0 Å². The van der Waals surface area contributed by atoms with E-state index in [1.165, 1.54) is 32.2 Å². The largest absolute Gasteiger partial charge is 0.381 e. The lowest BCUT2D eigenvalue weighted by Crippen LogP contribution is -2.33. The highest BCUT2D eigenvalue weighted by atomic mass is 35.5. The molecule has 1 saturated heterocycles. The van der Waals surface area contributed by atoms with Crippen LogP contribution in [0.4, 0.5) is 5.69 Å². The summed E-state index contributed by atoms with van der Waals surface area (Å²) in [5.74, 6) is 0. The van der Waals surface area contributed by atoms with E-state index in [1.54, 1.807) is 0 Å². The van der Waals surface area contributed by atoms with Gasteiger partial charge < -0.3 is 10.6 Å². The predicted molar refractivity (Wildman–Crippen MR) is 81.9 cm³/mol. The van der Waals surface area contributed by atoms with Gasteiger partial charge in [-0.15, -0.1) is 0 Å². The first kappa shape index (κ1) is 14.6. The van der Waals surface area contributed by atoms with Gasteiger partial charge in [-0.3, -0.25) is 0 Å². The molecule has 0 saturated carbocycles. The van der Waals surface area contributed by atoms with Gasteiger partial charge in [0.1, 0.15) is 5.15 Å². The summed E-state index contributed by atoms with van der Waals surface area (Å²) in [5.41, 5.74) is 2.05. The van der Waals surface area contributed by atoms with Gasteiger partial charge in [0, 0.05) is 12.1 Å². The highest BCUT2D eigenvalue weighted by molar-refractivity contribution is 6.29. The predicted octanol–water partition coefficient (Wildman–Crippen LogP) is 3.77. The lowest BCUT2D eigenvalue weighted by atomic mass is 10.0. The number of anilines is 1. The zero-order valence-corrected chi connectivity index (χ0v) is 12.6. The van der Waals surface area contributed by atoms with E-state index in [1.807, 2.05) is 19.1 Å². The lowest BCUT2D eigenvalue weighted by molar-refractivity contribution is 0.456. The second-order valence-electron chi connectivity index (χ2n) is 5.55. The van der Waals surface area contributed by atoms with E-state index < -0.39 is 0 Å². The fraction of sp³-hybridized carbons (Fsp3) is 0.667. The van der Waals surface area contributed by atoms with Crippen molar-refractivity contribution in [1.82, 2.24) is 10.3 Å². The second kappa shape index (κ2) is 7.11. The molecule has 1 fully saturated rings. The molecule has 1 aliphatic heterocycles. The standard InChI is InChI=1S/C15H24ClN3/c1-11(10-13-6-4-3-5-9-17-13)18-14-7-8-15(16)19-12(14)2/h7-8,11,13,17-18H,3-6,9-10H2,1-2H3. The van der Waals surface area contributed by atoms with Gasteiger partial charge in [-0.05, 0) is 51.8 Å². The molecular weight excluding hydrogens is 258 g/mol. The normalized spacial score (nSPS) is 21.7. The Labute approximate surface area is 121 Å². The van der Waals surface area contributed by atoms with E-state index >= 15 is 0 Å². The van der Waals surface area contributed by atoms with Crippen LogP contribution < -0.4 is 10.6 Å². The van der Waals surface area contributed by atoms with E-state index in [-0.39, 0.29) is 0 Å². The quantitative estimate of drug-likeness (QED) is 0.825. The smallest absolute Gasteiger partial charge is 0.129 e. The minimum absolute atomic E-state index is 0.442. The van der Waals surface area contributed by atoms with Gasteiger partial charge in [-0.1, -0.05) is 24.4 Å². The maximum absolute atomic E-state index is 5.88. The van der Waals surface area contributed by atoms with E-state index in [0.29, 0.717) is 17.2 Å². The molecule has 4 heteroatoms. The molecule has 0 spiro atoms. The summed E-state index contributed by atoms with van der Waals surface area (Å²) >= 11 is 5.88. The maximum atomic E-state index is 5.88. The van der Waals surface area contributed by atoms with Crippen LogP contribution in [0.3, 0.4) is 0 Å². The highest BCUT2D eigenvalue weighted by Crippen LogP contribution is 2.19. The average Bonchev–Trinajstić information content (AvgIpc) is 2.61. The number of halogens is 1. The van der Waals surface area contributed by atoms with Crippen LogP contribution >= 0.6 is 11.6 Å². The molecule has 1 aliphatic rings. The Morgan fingerprint density at radius 2 is 2.26 bits per heavy atom. The SMILES string of the molecule is Cc1nc(Cl)ccc1NC(C)CC1CCCCCN1. The van der Waals surface area contributed by atoms with Crippen LogP contribution in [-0.2, 0) is 0 Å². The zero-order chi connectivity index (χ0) is 13.7. The Hall–Kier alpha value is -0.800. The third kappa shape index (κ3) is 4.66. The fourth-order valence-electron chi connectivity index (χ4n) is 2.74. The number of aromatic nitrogens is 1. The summed E-state index contributed by atoms with van der Waals surface area (Å²) in [6, 6.07) is 4.94. The molecule has 0 radical (unpaired) electrons. The van der Waals surface area contributed by atoms with Crippen molar-refractivity contribution >= 4 is 17.3 Å². The number of hydrogen-bond donors (Lipinski definition) is 2. The van der Waals surface area contributed by atoms with Gasteiger partial charge in [-0.2, -0.15) is 0 Å². The molecular formula is C15H24ClN3. The molecule has 2 rings (SSSR count). The number of pyridine rings is 1. The van der Waals surface area contributed by atoms with Crippen molar-refractivity contribution in [3.8, 4) is 0 Å². The summed E-state index contributed by atoms with van der Waals surface area (Å²) in [6.07, 6.45) is 6.49. The van der Waals surface area contributed by atoms with Gasteiger partial charge in [0.2, 0.25) is 0 Å². The van der Waals surface area contributed by atoms with Crippen LogP contribution in [-0.4, -0.2) is 23.6 Å². The third-order valence-electron chi connectivity index (χ3n) is 3.75.